The molecule has 0 aliphatic heterocycles. The zero-order chi connectivity index (χ0) is 20.5. The first-order valence-corrected chi connectivity index (χ1v) is 8.98. The number of nitrogens with zero attached hydrogens (tertiary/aromatic N) is 1. The van der Waals surface area contributed by atoms with Crippen LogP contribution in [-0.2, 0) is 9.47 Å². The molecular weight excluding hydrogens is 362 g/mol. The molecule has 0 radical (unpaired) electrons. The smallest absolute Gasteiger partial charge is 0.338 e. The average Bonchev–Trinajstić information content (AvgIpc) is 2.69. The average molecular weight is 385 g/mol. The number of aromatic hydroxyl groups is 1. The Bertz CT molecular complexity index is 839. The van der Waals surface area contributed by atoms with Gasteiger partial charge in [0.2, 0.25) is 0 Å². The van der Waals surface area contributed by atoms with Crippen molar-refractivity contribution in [3.8, 4) is 11.5 Å². The van der Waals surface area contributed by atoms with Gasteiger partial charge in [-0.05, 0) is 51.1 Å². The van der Waals surface area contributed by atoms with E-state index in [9.17, 15) is 14.7 Å². The molecular formula is C21H23NO6. The van der Waals surface area contributed by atoms with Gasteiger partial charge < -0.3 is 19.3 Å². The minimum absolute atomic E-state index is 0.0414. The second kappa shape index (κ2) is 10.1. The van der Waals surface area contributed by atoms with Crippen LogP contribution in [0.5, 0.6) is 11.5 Å². The molecule has 2 aromatic rings. The Morgan fingerprint density at radius 2 is 1.57 bits per heavy atom. The molecule has 0 saturated heterocycles. The second-order valence-corrected chi connectivity index (χ2v) is 5.59. The molecule has 2 rings (SSSR count). The van der Waals surface area contributed by atoms with Crippen molar-refractivity contribution in [3.63, 3.8) is 0 Å². The number of rotatable bonds is 8. The molecule has 2 aromatic carbocycles. The number of carbonyl (C=O) groups excluding carboxylic acids is 2. The zero-order valence-electron chi connectivity index (χ0n) is 16.1. The Morgan fingerprint density at radius 1 is 0.964 bits per heavy atom. The second-order valence-electron chi connectivity index (χ2n) is 5.59. The van der Waals surface area contributed by atoms with Crippen LogP contribution in [0.15, 0.2) is 41.4 Å². The summed E-state index contributed by atoms with van der Waals surface area (Å²) >= 11 is 0. The highest BCUT2D eigenvalue weighted by Gasteiger charge is 2.14. The normalized spacial score (nSPS) is 10.7. The van der Waals surface area contributed by atoms with E-state index in [1.54, 1.807) is 32.0 Å². The third-order valence-corrected chi connectivity index (χ3v) is 3.62. The maximum absolute atomic E-state index is 12.1. The van der Waals surface area contributed by atoms with Gasteiger partial charge in [-0.25, -0.2) is 9.59 Å². The van der Waals surface area contributed by atoms with Gasteiger partial charge in [0.05, 0.1) is 36.6 Å². The molecule has 148 valence electrons. The SMILES string of the molecule is CCOC(=O)c1cc(N=Cc2cccc(OCC)c2O)cc(C(=O)OCC)c1. The lowest BCUT2D eigenvalue weighted by atomic mass is 10.1. The number of benzene rings is 2. The molecule has 0 atom stereocenters. The molecule has 0 aliphatic carbocycles. The molecule has 0 aliphatic rings. The Balaban J connectivity index is 2.41. The summed E-state index contributed by atoms with van der Waals surface area (Å²) in [5.41, 5.74) is 1.15. The summed E-state index contributed by atoms with van der Waals surface area (Å²) in [5, 5.41) is 10.3. The molecule has 0 heterocycles. The summed E-state index contributed by atoms with van der Waals surface area (Å²) in [6, 6.07) is 9.45. The molecule has 7 heteroatoms. The van der Waals surface area contributed by atoms with Crippen molar-refractivity contribution >= 4 is 23.8 Å². The van der Waals surface area contributed by atoms with E-state index in [2.05, 4.69) is 4.99 Å². The van der Waals surface area contributed by atoms with E-state index in [1.807, 2.05) is 6.92 Å². The Hall–Kier alpha value is -3.35. The first-order chi connectivity index (χ1) is 13.5. The van der Waals surface area contributed by atoms with Crippen LogP contribution in [0.3, 0.4) is 0 Å². The first-order valence-electron chi connectivity index (χ1n) is 8.98. The molecule has 0 saturated carbocycles. The summed E-state index contributed by atoms with van der Waals surface area (Å²) < 4.78 is 15.4. The van der Waals surface area contributed by atoms with Gasteiger partial charge in [-0.15, -0.1) is 0 Å². The lowest BCUT2D eigenvalue weighted by Gasteiger charge is -2.08. The van der Waals surface area contributed by atoms with Gasteiger partial charge in [-0.2, -0.15) is 0 Å². The van der Waals surface area contributed by atoms with Crippen LogP contribution in [0.25, 0.3) is 0 Å². The molecule has 1 N–H and O–H groups in total. The maximum Gasteiger partial charge on any atom is 0.338 e. The topological polar surface area (TPSA) is 94.4 Å². The predicted molar refractivity (Wildman–Crippen MR) is 105 cm³/mol. The fraction of sp³-hybridized carbons (Fsp3) is 0.286. The van der Waals surface area contributed by atoms with Crippen LogP contribution in [0, 0.1) is 0 Å². The fourth-order valence-corrected chi connectivity index (χ4v) is 2.41. The Labute approximate surface area is 163 Å². The van der Waals surface area contributed by atoms with E-state index >= 15 is 0 Å². The van der Waals surface area contributed by atoms with Crippen LogP contribution in [0.2, 0.25) is 0 Å². The number of esters is 2. The molecule has 0 aromatic heterocycles. The summed E-state index contributed by atoms with van der Waals surface area (Å²) in [6.07, 6.45) is 1.43. The summed E-state index contributed by atoms with van der Waals surface area (Å²) in [6.45, 7) is 6.04. The van der Waals surface area contributed by atoms with E-state index in [1.165, 1.54) is 24.4 Å². The van der Waals surface area contributed by atoms with Crippen molar-refractivity contribution in [1.82, 2.24) is 0 Å². The van der Waals surface area contributed by atoms with Gasteiger partial charge in [0, 0.05) is 11.8 Å². The van der Waals surface area contributed by atoms with Crippen LogP contribution < -0.4 is 4.74 Å². The van der Waals surface area contributed by atoms with Gasteiger partial charge in [0.25, 0.3) is 0 Å². The minimum Gasteiger partial charge on any atom is -0.504 e. The van der Waals surface area contributed by atoms with Crippen molar-refractivity contribution in [1.29, 1.82) is 0 Å². The molecule has 7 nitrogen and oxygen atoms in total. The standard InChI is InChI=1S/C21H23NO6/c1-4-26-18-9-7-8-14(19(18)23)13-22-17-11-15(20(24)27-5-2)10-16(12-17)21(25)28-6-3/h7-13,23H,4-6H2,1-3H3. The molecule has 0 fully saturated rings. The summed E-state index contributed by atoms with van der Waals surface area (Å²) in [5.74, 6) is -0.822. The Morgan fingerprint density at radius 3 is 2.11 bits per heavy atom. The van der Waals surface area contributed by atoms with Crippen LogP contribution in [0.4, 0.5) is 5.69 Å². The van der Waals surface area contributed by atoms with Crippen molar-refractivity contribution in [2.75, 3.05) is 19.8 Å². The summed E-state index contributed by atoms with van der Waals surface area (Å²) in [4.78, 5) is 28.5. The zero-order valence-corrected chi connectivity index (χ0v) is 16.1. The molecule has 0 bridgehead atoms. The summed E-state index contributed by atoms with van der Waals surface area (Å²) in [7, 11) is 0. The van der Waals surface area contributed by atoms with Gasteiger partial charge in [-0.3, -0.25) is 4.99 Å². The Kier molecular flexibility index (Phi) is 7.56. The number of hydrogen-bond donors (Lipinski definition) is 1. The highest BCUT2D eigenvalue weighted by Crippen LogP contribution is 2.29. The van der Waals surface area contributed by atoms with Crippen molar-refractivity contribution in [3.05, 3.63) is 53.1 Å². The first kappa shape index (κ1) is 21.0. The predicted octanol–water partition coefficient (Wildman–Crippen LogP) is 3.89. The van der Waals surface area contributed by atoms with Crippen molar-refractivity contribution in [2.24, 2.45) is 4.99 Å². The van der Waals surface area contributed by atoms with Crippen LogP contribution >= 0.6 is 0 Å². The van der Waals surface area contributed by atoms with Crippen molar-refractivity contribution < 1.29 is 28.9 Å². The molecule has 0 unspecified atom stereocenters. The van der Waals surface area contributed by atoms with E-state index in [4.69, 9.17) is 14.2 Å². The van der Waals surface area contributed by atoms with E-state index in [0.29, 0.717) is 23.6 Å². The largest absolute Gasteiger partial charge is 0.504 e. The lowest BCUT2D eigenvalue weighted by Crippen LogP contribution is -2.09. The number of phenolic OH excluding ortho intramolecular Hbond substituents is 1. The monoisotopic (exact) mass is 385 g/mol. The van der Waals surface area contributed by atoms with E-state index in [0.717, 1.165) is 0 Å². The van der Waals surface area contributed by atoms with E-state index < -0.39 is 11.9 Å². The van der Waals surface area contributed by atoms with Gasteiger partial charge in [-0.1, -0.05) is 6.07 Å². The minimum atomic E-state index is -0.564. The molecule has 0 spiro atoms. The lowest BCUT2D eigenvalue weighted by molar-refractivity contribution is 0.0525. The van der Waals surface area contributed by atoms with Gasteiger partial charge >= 0.3 is 11.9 Å². The number of aliphatic imine (C=N–C) groups is 1. The molecule has 28 heavy (non-hydrogen) atoms. The number of carbonyl (C=O) groups is 2. The van der Waals surface area contributed by atoms with E-state index in [-0.39, 0.29) is 30.1 Å². The molecule has 0 amide bonds. The van der Waals surface area contributed by atoms with Gasteiger partial charge in [0.15, 0.2) is 11.5 Å². The third-order valence-electron chi connectivity index (χ3n) is 3.62. The highest BCUT2D eigenvalue weighted by atomic mass is 16.5. The number of ether oxygens (including phenoxy) is 3. The maximum atomic E-state index is 12.1. The highest BCUT2D eigenvalue weighted by molar-refractivity contribution is 5.97. The van der Waals surface area contributed by atoms with Crippen LogP contribution in [0.1, 0.15) is 47.1 Å². The number of phenols is 1. The third kappa shape index (κ3) is 5.33. The quantitative estimate of drug-likeness (QED) is 0.547. The number of para-hydroxylation sites is 1. The number of hydrogen-bond acceptors (Lipinski definition) is 7. The van der Waals surface area contributed by atoms with Crippen LogP contribution in [-0.4, -0.2) is 43.1 Å². The fourth-order valence-electron chi connectivity index (χ4n) is 2.41. The van der Waals surface area contributed by atoms with Crippen molar-refractivity contribution in [2.45, 2.75) is 20.8 Å². The van der Waals surface area contributed by atoms with Gasteiger partial charge in [0.1, 0.15) is 0 Å².